The van der Waals surface area contributed by atoms with Crippen molar-refractivity contribution >= 4 is 34.1 Å². The van der Waals surface area contributed by atoms with Gasteiger partial charge in [0.1, 0.15) is 11.3 Å². The molecule has 140 valence electrons. The van der Waals surface area contributed by atoms with Crippen molar-refractivity contribution in [2.75, 3.05) is 0 Å². The summed E-state index contributed by atoms with van der Waals surface area (Å²) in [5.74, 6) is -0.469. The Morgan fingerprint density at radius 2 is 1.79 bits per heavy atom. The van der Waals surface area contributed by atoms with E-state index < -0.39 is 5.91 Å². The SMILES string of the molecule is NC(=O)C=Cc1cccc(-c2cnc3[nH]cc(-c4cnc5[nH]ccc5c4)c3c2)c1. The molecule has 0 radical (unpaired) electrons. The molecule has 0 aliphatic heterocycles. The van der Waals surface area contributed by atoms with Gasteiger partial charge in [0.2, 0.25) is 5.91 Å². The summed E-state index contributed by atoms with van der Waals surface area (Å²) in [5, 5.41) is 2.09. The highest BCUT2D eigenvalue weighted by atomic mass is 16.1. The lowest BCUT2D eigenvalue weighted by atomic mass is 10.0. The standard InChI is InChI=1S/C23H17N5O/c24-21(29)5-4-14-2-1-3-15(8-14)17-10-19-20(13-28-23(19)27-11-17)18-9-16-6-7-25-22(16)26-12-18/h1-13H,(H2,24,29)(H,25,26)(H,27,28). The first-order valence-corrected chi connectivity index (χ1v) is 9.16. The molecule has 4 heterocycles. The fourth-order valence-corrected chi connectivity index (χ4v) is 3.49. The third-order valence-corrected chi connectivity index (χ3v) is 4.90. The molecule has 5 rings (SSSR count). The number of hydrogen-bond acceptors (Lipinski definition) is 3. The molecule has 6 heteroatoms. The van der Waals surface area contributed by atoms with Crippen LogP contribution >= 0.6 is 0 Å². The van der Waals surface area contributed by atoms with Crippen LogP contribution in [0.4, 0.5) is 0 Å². The van der Waals surface area contributed by atoms with Crippen molar-refractivity contribution in [3.63, 3.8) is 0 Å². The highest BCUT2D eigenvalue weighted by Gasteiger charge is 2.10. The molecule has 0 spiro atoms. The van der Waals surface area contributed by atoms with Crippen molar-refractivity contribution < 1.29 is 4.79 Å². The lowest BCUT2D eigenvalue weighted by Gasteiger charge is -2.05. The van der Waals surface area contributed by atoms with E-state index >= 15 is 0 Å². The third-order valence-electron chi connectivity index (χ3n) is 4.90. The Morgan fingerprint density at radius 3 is 2.69 bits per heavy atom. The smallest absolute Gasteiger partial charge is 0.241 e. The van der Waals surface area contributed by atoms with Gasteiger partial charge in [-0.15, -0.1) is 0 Å². The number of hydrogen-bond donors (Lipinski definition) is 3. The lowest BCUT2D eigenvalue weighted by Crippen LogP contribution is -2.05. The number of H-pyrrole nitrogens is 2. The van der Waals surface area contributed by atoms with Crippen molar-refractivity contribution in [2.45, 2.75) is 0 Å². The van der Waals surface area contributed by atoms with Crippen LogP contribution in [0, 0.1) is 0 Å². The van der Waals surface area contributed by atoms with Crippen LogP contribution in [0.1, 0.15) is 5.56 Å². The van der Waals surface area contributed by atoms with Gasteiger partial charge in [-0.2, -0.15) is 0 Å². The fraction of sp³-hybridized carbons (Fsp3) is 0. The van der Waals surface area contributed by atoms with E-state index in [1.54, 1.807) is 6.08 Å². The Morgan fingerprint density at radius 1 is 0.931 bits per heavy atom. The summed E-state index contributed by atoms with van der Waals surface area (Å²) in [7, 11) is 0. The van der Waals surface area contributed by atoms with Crippen LogP contribution in [0.2, 0.25) is 0 Å². The van der Waals surface area contributed by atoms with Crippen LogP contribution in [0.15, 0.2) is 73.3 Å². The number of fused-ring (bicyclic) bond motifs is 2. The first-order valence-electron chi connectivity index (χ1n) is 9.16. The molecule has 4 N–H and O–H groups in total. The molecule has 5 aromatic rings. The minimum absolute atomic E-state index is 0.469. The number of aromatic amines is 2. The zero-order valence-corrected chi connectivity index (χ0v) is 15.4. The van der Waals surface area contributed by atoms with Gasteiger partial charge in [-0.3, -0.25) is 4.79 Å². The molecular formula is C23H17N5O. The summed E-state index contributed by atoms with van der Waals surface area (Å²) in [6.45, 7) is 0. The monoisotopic (exact) mass is 379 g/mol. The van der Waals surface area contributed by atoms with Crippen LogP contribution in [-0.4, -0.2) is 25.8 Å². The summed E-state index contributed by atoms with van der Waals surface area (Å²) in [4.78, 5) is 26.4. The number of primary amides is 1. The first-order chi connectivity index (χ1) is 14.2. The maximum absolute atomic E-state index is 11.0. The zero-order valence-electron chi connectivity index (χ0n) is 15.4. The lowest BCUT2D eigenvalue weighted by molar-refractivity contribution is -0.113. The van der Waals surface area contributed by atoms with Crippen molar-refractivity contribution in [3.05, 3.63) is 78.9 Å². The van der Waals surface area contributed by atoms with E-state index in [2.05, 4.69) is 32.1 Å². The second-order valence-corrected chi connectivity index (χ2v) is 6.82. The molecule has 0 atom stereocenters. The molecule has 0 aliphatic carbocycles. The van der Waals surface area contributed by atoms with Crippen LogP contribution in [0.5, 0.6) is 0 Å². The van der Waals surface area contributed by atoms with Gasteiger partial charge < -0.3 is 15.7 Å². The minimum Gasteiger partial charge on any atom is -0.366 e. The van der Waals surface area contributed by atoms with Crippen LogP contribution < -0.4 is 5.73 Å². The Hall–Kier alpha value is -4.19. The molecule has 0 fully saturated rings. The Bertz CT molecular complexity index is 1390. The van der Waals surface area contributed by atoms with Gasteiger partial charge in [0.15, 0.2) is 0 Å². The predicted molar refractivity (Wildman–Crippen MR) is 115 cm³/mol. The van der Waals surface area contributed by atoms with Crippen LogP contribution in [0.3, 0.4) is 0 Å². The normalized spacial score (nSPS) is 11.6. The predicted octanol–water partition coefficient (Wildman–Crippen LogP) is 4.27. The number of nitrogens with two attached hydrogens (primary N) is 1. The van der Waals surface area contributed by atoms with Crippen LogP contribution in [0.25, 0.3) is 50.4 Å². The van der Waals surface area contributed by atoms with Gasteiger partial charge in [0.25, 0.3) is 0 Å². The average Bonchev–Trinajstić information content (AvgIpc) is 3.38. The fourth-order valence-electron chi connectivity index (χ4n) is 3.49. The van der Waals surface area contributed by atoms with Gasteiger partial charge in [-0.25, -0.2) is 9.97 Å². The molecular weight excluding hydrogens is 362 g/mol. The number of nitrogens with zero attached hydrogens (tertiary/aromatic N) is 2. The molecule has 1 amide bonds. The first kappa shape index (κ1) is 16.9. The maximum Gasteiger partial charge on any atom is 0.241 e. The zero-order chi connectivity index (χ0) is 19.8. The Labute approximate surface area is 166 Å². The van der Waals surface area contributed by atoms with Gasteiger partial charge in [-0.05, 0) is 41.5 Å². The van der Waals surface area contributed by atoms with Crippen molar-refractivity contribution in [1.82, 2.24) is 19.9 Å². The summed E-state index contributed by atoms with van der Waals surface area (Å²) in [5.41, 5.74) is 11.9. The van der Waals surface area contributed by atoms with E-state index in [4.69, 9.17) is 5.73 Å². The molecule has 4 aromatic heterocycles. The van der Waals surface area contributed by atoms with Crippen LogP contribution in [-0.2, 0) is 4.79 Å². The molecule has 0 saturated carbocycles. The molecule has 1 aromatic carbocycles. The molecule has 29 heavy (non-hydrogen) atoms. The number of carbonyl (C=O) groups is 1. The number of aromatic nitrogens is 4. The van der Waals surface area contributed by atoms with Gasteiger partial charge in [-0.1, -0.05) is 18.2 Å². The molecule has 0 aliphatic rings. The number of pyridine rings is 2. The largest absolute Gasteiger partial charge is 0.366 e. The average molecular weight is 379 g/mol. The van der Waals surface area contributed by atoms with E-state index in [1.165, 1.54) is 6.08 Å². The second kappa shape index (κ2) is 6.76. The van der Waals surface area contributed by atoms with E-state index in [1.807, 2.05) is 55.1 Å². The van der Waals surface area contributed by atoms with Gasteiger partial charge >= 0.3 is 0 Å². The van der Waals surface area contributed by atoms with Gasteiger partial charge in [0, 0.05) is 58.3 Å². The number of rotatable bonds is 4. The van der Waals surface area contributed by atoms with Crippen molar-refractivity contribution in [2.24, 2.45) is 5.73 Å². The van der Waals surface area contributed by atoms with E-state index in [0.717, 1.165) is 49.9 Å². The van der Waals surface area contributed by atoms with Gasteiger partial charge in [0.05, 0.1) is 0 Å². The van der Waals surface area contributed by atoms with Crippen molar-refractivity contribution in [1.29, 1.82) is 0 Å². The quantitative estimate of drug-likeness (QED) is 0.406. The summed E-state index contributed by atoms with van der Waals surface area (Å²) in [6, 6.07) is 14.1. The Kier molecular flexibility index (Phi) is 3.95. The molecule has 6 nitrogen and oxygen atoms in total. The van der Waals surface area contributed by atoms with Crippen molar-refractivity contribution in [3.8, 4) is 22.3 Å². The number of nitrogens with one attached hydrogen (secondary N) is 2. The van der Waals surface area contributed by atoms with E-state index in [-0.39, 0.29) is 0 Å². The summed E-state index contributed by atoms with van der Waals surface area (Å²) in [6.07, 6.45) is 10.6. The molecule has 0 bridgehead atoms. The summed E-state index contributed by atoms with van der Waals surface area (Å²) >= 11 is 0. The van der Waals surface area contributed by atoms with E-state index in [9.17, 15) is 4.79 Å². The number of amides is 1. The molecule has 0 unspecified atom stereocenters. The molecule has 0 saturated heterocycles. The topological polar surface area (TPSA) is 100 Å². The Balaban J connectivity index is 1.59. The highest BCUT2D eigenvalue weighted by molar-refractivity contribution is 5.97. The number of carbonyl (C=O) groups excluding carboxylic acids is 1. The minimum atomic E-state index is -0.469. The maximum atomic E-state index is 11.0. The van der Waals surface area contributed by atoms with E-state index in [0.29, 0.717) is 0 Å². The second-order valence-electron chi connectivity index (χ2n) is 6.82. The number of benzene rings is 1. The third kappa shape index (κ3) is 3.17. The highest BCUT2D eigenvalue weighted by Crippen LogP contribution is 2.32. The summed E-state index contributed by atoms with van der Waals surface area (Å²) < 4.78 is 0.